The molecule has 0 fully saturated rings. The number of benzene rings is 3. The fraction of sp³-hybridized carbons (Fsp3) is 0.241. The van der Waals surface area contributed by atoms with Crippen molar-refractivity contribution in [3.05, 3.63) is 106 Å². The van der Waals surface area contributed by atoms with Gasteiger partial charge in [0.15, 0.2) is 0 Å². The lowest BCUT2D eigenvalue weighted by Crippen LogP contribution is -2.32. The van der Waals surface area contributed by atoms with Gasteiger partial charge >= 0.3 is 0 Å². The van der Waals surface area contributed by atoms with E-state index in [9.17, 15) is 9.59 Å². The SMILES string of the molecule is Cc1ccc(CN2C(=O)C(Nc3ccc(C(C)(C)C)cc3)=C(c3ccc(C)cc3)C2=O)cc1. The minimum Gasteiger partial charge on any atom is -0.350 e. The number of hydrogen-bond acceptors (Lipinski definition) is 3. The summed E-state index contributed by atoms with van der Waals surface area (Å²) in [5.41, 5.74) is 6.63. The van der Waals surface area contributed by atoms with E-state index in [1.807, 2.05) is 74.5 Å². The van der Waals surface area contributed by atoms with Gasteiger partial charge in [0.05, 0.1) is 12.1 Å². The first kappa shape index (κ1) is 22.5. The first-order valence-corrected chi connectivity index (χ1v) is 11.2. The number of anilines is 1. The highest BCUT2D eigenvalue weighted by Crippen LogP contribution is 2.32. The van der Waals surface area contributed by atoms with Gasteiger partial charge in [0.2, 0.25) is 0 Å². The molecule has 33 heavy (non-hydrogen) atoms. The van der Waals surface area contributed by atoms with Crippen LogP contribution in [0.4, 0.5) is 5.69 Å². The van der Waals surface area contributed by atoms with E-state index in [1.165, 1.54) is 10.5 Å². The molecule has 0 aromatic heterocycles. The number of hydrogen-bond donors (Lipinski definition) is 1. The Labute approximate surface area is 195 Å². The molecule has 3 aromatic rings. The zero-order valence-corrected chi connectivity index (χ0v) is 19.9. The molecular weight excluding hydrogens is 408 g/mol. The van der Waals surface area contributed by atoms with E-state index in [4.69, 9.17) is 0 Å². The van der Waals surface area contributed by atoms with Crippen LogP contribution in [0.2, 0.25) is 0 Å². The Morgan fingerprint density at radius 3 is 1.82 bits per heavy atom. The summed E-state index contributed by atoms with van der Waals surface area (Å²) in [6, 6.07) is 23.6. The highest BCUT2D eigenvalue weighted by Gasteiger charge is 2.39. The molecule has 0 spiro atoms. The van der Waals surface area contributed by atoms with Gasteiger partial charge in [0, 0.05) is 5.69 Å². The van der Waals surface area contributed by atoms with Gasteiger partial charge < -0.3 is 5.32 Å². The van der Waals surface area contributed by atoms with Crippen molar-refractivity contribution in [3.8, 4) is 0 Å². The summed E-state index contributed by atoms with van der Waals surface area (Å²) in [5.74, 6) is -0.589. The topological polar surface area (TPSA) is 49.4 Å². The van der Waals surface area contributed by atoms with Crippen molar-refractivity contribution in [1.82, 2.24) is 4.90 Å². The van der Waals surface area contributed by atoms with Crippen LogP contribution >= 0.6 is 0 Å². The zero-order valence-electron chi connectivity index (χ0n) is 19.9. The minimum atomic E-state index is -0.309. The van der Waals surface area contributed by atoms with Crippen molar-refractivity contribution in [3.63, 3.8) is 0 Å². The highest BCUT2D eigenvalue weighted by molar-refractivity contribution is 6.36. The molecule has 168 valence electrons. The van der Waals surface area contributed by atoms with E-state index < -0.39 is 0 Å². The van der Waals surface area contributed by atoms with Crippen LogP contribution in [0.3, 0.4) is 0 Å². The molecule has 1 aliphatic rings. The quantitative estimate of drug-likeness (QED) is 0.498. The van der Waals surface area contributed by atoms with Crippen LogP contribution in [-0.2, 0) is 21.5 Å². The van der Waals surface area contributed by atoms with E-state index in [0.717, 1.165) is 27.9 Å². The van der Waals surface area contributed by atoms with Gasteiger partial charge in [-0.2, -0.15) is 0 Å². The van der Waals surface area contributed by atoms with Gasteiger partial charge in [0.1, 0.15) is 5.70 Å². The number of amides is 2. The van der Waals surface area contributed by atoms with Crippen molar-refractivity contribution < 1.29 is 9.59 Å². The minimum absolute atomic E-state index is 0.0365. The van der Waals surface area contributed by atoms with Crippen molar-refractivity contribution in [1.29, 1.82) is 0 Å². The molecule has 4 heteroatoms. The lowest BCUT2D eigenvalue weighted by molar-refractivity contribution is -0.137. The fourth-order valence-electron chi connectivity index (χ4n) is 3.90. The van der Waals surface area contributed by atoms with Crippen molar-refractivity contribution in [2.75, 3.05) is 5.32 Å². The number of carbonyl (C=O) groups excluding carboxylic acids is 2. The Hall–Kier alpha value is -3.66. The Balaban J connectivity index is 1.70. The van der Waals surface area contributed by atoms with Crippen LogP contribution in [0.15, 0.2) is 78.5 Å². The zero-order chi connectivity index (χ0) is 23.8. The summed E-state index contributed by atoms with van der Waals surface area (Å²) in [7, 11) is 0. The number of nitrogens with one attached hydrogen (secondary N) is 1. The van der Waals surface area contributed by atoms with Crippen LogP contribution in [0, 0.1) is 13.8 Å². The third-order valence-electron chi connectivity index (χ3n) is 5.99. The van der Waals surface area contributed by atoms with Gasteiger partial charge in [-0.3, -0.25) is 14.5 Å². The monoisotopic (exact) mass is 438 g/mol. The third-order valence-corrected chi connectivity index (χ3v) is 5.99. The number of aryl methyl sites for hydroxylation is 2. The summed E-state index contributed by atoms with van der Waals surface area (Å²) < 4.78 is 0. The lowest BCUT2D eigenvalue weighted by Gasteiger charge is -2.19. The predicted octanol–water partition coefficient (Wildman–Crippen LogP) is 5.99. The fourth-order valence-corrected chi connectivity index (χ4v) is 3.90. The van der Waals surface area contributed by atoms with Crippen LogP contribution in [0.1, 0.15) is 48.6 Å². The maximum absolute atomic E-state index is 13.5. The Morgan fingerprint density at radius 1 is 0.727 bits per heavy atom. The van der Waals surface area contributed by atoms with E-state index in [1.54, 1.807) is 0 Å². The number of carbonyl (C=O) groups is 2. The first-order chi connectivity index (χ1) is 15.6. The third kappa shape index (κ3) is 4.75. The van der Waals surface area contributed by atoms with Crippen molar-refractivity contribution in [2.24, 2.45) is 0 Å². The average molecular weight is 439 g/mol. The smallest absolute Gasteiger partial charge is 0.278 e. The Kier molecular flexibility index (Phi) is 5.94. The summed E-state index contributed by atoms with van der Waals surface area (Å²) in [4.78, 5) is 28.2. The molecule has 0 aliphatic carbocycles. The maximum atomic E-state index is 13.5. The second-order valence-electron chi connectivity index (χ2n) is 9.75. The Bertz CT molecular complexity index is 1210. The number of nitrogens with zero attached hydrogens (tertiary/aromatic N) is 1. The molecule has 4 nitrogen and oxygen atoms in total. The molecule has 0 unspecified atom stereocenters. The van der Waals surface area contributed by atoms with Gasteiger partial charge in [-0.25, -0.2) is 0 Å². The van der Waals surface area contributed by atoms with Gasteiger partial charge in [-0.1, -0.05) is 92.6 Å². The van der Waals surface area contributed by atoms with Crippen LogP contribution in [-0.4, -0.2) is 16.7 Å². The second kappa shape index (κ2) is 8.70. The summed E-state index contributed by atoms with van der Waals surface area (Å²) >= 11 is 0. The molecule has 3 aromatic carbocycles. The molecule has 1 N–H and O–H groups in total. The molecule has 1 heterocycles. The molecule has 1 aliphatic heterocycles. The molecule has 0 saturated heterocycles. The van der Waals surface area contributed by atoms with E-state index >= 15 is 0 Å². The normalized spacial score (nSPS) is 14.3. The standard InChI is InChI=1S/C29H30N2O2/c1-19-6-10-21(11-7-19)18-31-27(32)25(22-12-8-20(2)9-13-22)26(28(31)33)30-24-16-14-23(15-17-24)29(3,4)5/h6-17,30H,18H2,1-5H3. The van der Waals surface area contributed by atoms with E-state index in [0.29, 0.717) is 11.3 Å². The molecule has 0 saturated carbocycles. The van der Waals surface area contributed by atoms with Crippen LogP contribution < -0.4 is 5.32 Å². The molecule has 0 bridgehead atoms. The van der Waals surface area contributed by atoms with E-state index in [2.05, 4.69) is 38.2 Å². The van der Waals surface area contributed by atoms with E-state index in [-0.39, 0.29) is 23.8 Å². The molecule has 0 atom stereocenters. The van der Waals surface area contributed by atoms with Crippen molar-refractivity contribution in [2.45, 2.75) is 46.6 Å². The van der Waals surface area contributed by atoms with Gasteiger partial charge in [-0.15, -0.1) is 0 Å². The summed E-state index contributed by atoms with van der Waals surface area (Å²) in [6.45, 7) is 10.7. The second-order valence-corrected chi connectivity index (χ2v) is 9.75. The molecule has 2 amide bonds. The number of imide groups is 1. The maximum Gasteiger partial charge on any atom is 0.278 e. The lowest BCUT2D eigenvalue weighted by atomic mass is 9.87. The van der Waals surface area contributed by atoms with Crippen LogP contribution in [0.5, 0.6) is 0 Å². The highest BCUT2D eigenvalue weighted by atomic mass is 16.2. The van der Waals surface area contributed by atoms with Crippen molar-refractivity contribution >= 4 is 23.1 Å². The van der Waals surface area contributed by atoms with Crippen LogP contribution in [0.25, 0.3) is 5.57 Å². The average Bonchev–Trinajstić information content (AvgIpc) is 3.00. The van der Waals surface area contributed by atoms with Gasteiger partial charge in [-0.05, 0) is 48.1 Å². The Morgan fingerprint density at radius 2 is 1.27 bits per heavy atom. The predicted molar refractivity (Wildman–Crippen MR) is 134 cm³/mol. The van der Waals surface area contributed by atoms with Gasteiger partial charge in [0.25, 0.3) is 11.8 Å². The summed E-state index contributed by atoms with van der Waals surface area (Å²) in [5, 5.41) is 3.26. The first-order valence-electron chi connectivity index (χ1n) is 11.2. The number of rotatable bonds is 5. The molecule has 4 rings (SSSR count). The summed E-state index contributed by atoms with van der Waals surface area (Å²) in [6.07, 6.45) is 0. The largest absolute Gasteiger partial charge is 0.350 e. The molecule has 0 radical (unpaired) electrons. The molecular formula is C29H30N2O2.